The first-order chi connectivity index (χ1) is 8.38. The molecule has 8 N–H and O–H groups in total. The third-order valence-electron chi connectivity index (χ3n) is 2.11. The maximum Gasteiger partial charge on any atom is 0.333 e. The van der Waals surface area contributed by atoms with Gasteiger partial charge in [0.2, 0.25) is 0 Å². The van der Waals surface area contributed by atoms with Crippen LogP contribution in [-0.2, 0) is 0 Å². The quantitative estimate of drug-likeness (QED) is 0.301. The van der Waals surface area contributed by atoms with Gasteiger partial charge in [-0.05, 0) is 18.2 Å². The molecule has 0 fully saturated rings. The van der Waals surface area contributed by atoms with Crippen molar-refractivity contribution in [1.82, 2.24) is 0 Å². The van der Waals surface area contributed by atoms with Gasteiger partial charge in [0, 0.05) is 0 Å². The highest BCUT2D eigenvalue weighted by molar-refractivity contribution is 5.93. The first-order valence-electron chi connectivity index (χ1n) is 4.61. The van der Waals surface area contributed by atoms with Crippen LogP contribution in [-0.4, -0.2) is 12.1 Å². The maximum absolute atomic E-state index is 10.9. The van der Waals surface area contributed by atoms with Crippen LogP contribution in [0.1, 0.15) is 5.56 Å². The van der Waals surface area contributed by atoms with Crippen molar-refractivity contribution < 1.29 is 9.59 Å². The molecule has 0 aromatic heterocycles. The molecule has 0 aliphatic carbocycles. The minimum Gasteiger partial charge on any atom is -0.350 e. The molecule has 9 nitrogen and oxygen atoms in total. The summed E-state index contributed by atoms with van der Waals surface area (Å²) in [6.45, 7) is 0. The molecule has 0 saturated heterocycles. The highest BCUT2D eigenvalue weighted by Gasteiger charge is 2.15. The van der Waals surface area contributed by atoms with Gasteiger partial charge in [-0.2, -0.15) is 5.26 Å². The van der Waals surface area contributed by atoms with E-state index in [-0.39, 0.29) is 16.9 Å². The van der Waals surface area contributed by atoms with E-state index in [0.29, 0.717) is 10.0 Å². The summed E-state index contributed by atoms with van der Waals surface area (Å²) in [7, 11) is 0. The predicted octanol–water partition coefficient (Wildman–Crippen LogP) is -0.924. The van der Waals surface area contributed by atoms with Crippen molar-refractivity contribution >= 4 is 23.4 Å². The summed E-state index contributed by atoms with van der Waals surface area (Å²) in [5, 5.41) is 10.2. The van der Waals surface area contributed by atoms with Crippen LogP contribution >= 0.6 is 0 Å². The van der Waals surface area contributed by atoms with Crippen molar-refractivity contribution in [3.8, 4) is 6.07 Å². The smallest absolute Gasteiger partial charge is 0.333 e. The standard InChI is InChI=1S/C9H11N7O2/c10-4-5-3-6(15(13)8(11)17)1-2-7(5)16(14)9(12)18/h1-3H,13-14H2,(H2,11,17)(H2,12,18). The van der Waals surface area contributed by atoms with Gasteiger partial charge in [0.1, 0.15) is 6.07 Å². The maximum atomic E-state index is 10.9. The van der Waals surface area contributed by atoms with Gasteiger partial charge in [0.25, 0.3) is 0 Å². The van der Waals surface area contributed by atoms with Gasteiger partial charge in [-0.1, -0.05) is 0 Å². The molecule has 0 aliphatic rings. The number of nitrogens with zero attached hydrogens (tertiary/aromatic N) is 3. The molecule has 0 unspecified atom stereocenters. The number of hydrazine groups is 2. The van der Waals surface area contributed by atoms with Crippen molar-refractivity contribution in [1.29, 1.82) is 5.26 Å². The number of hydrogen-bond donors (Lipinski definition) is 4. The third kappa shape index (κ3) is 2.46. The Morgan fingerprint density at radius 1 is 1.11 bits per heavy atom. The average molecular weight is 249 g/mol. The highest BCUT2D eigenvalue weighted by Crippen LogP contribution is 2.23. The number of rotatable bonds is 2. The largest absolute Gasteiger partial charge is 0.350 e. The molecule has 0 saturated carbocycles. The first kappa shape index (κ1) is 13.2. The van der Waals surface area contributed by atoms with Crippen LogP contribution in [0, 0.1) is 11.3 Å². The van der Waals surface area contributed by atoms with E-state index in [1.165, 1.54) is 18.2 Å². The van der Waals surface area contributed by atoms with Crippen LogP contribution in [0.25, 0.3) is 0 Å². The Balaban J connectivity index is 3.25. The minimum absolute atomic E-state index is 0.0190. The summed E-state index contributed by atoms with van der Waals surface area (Å²) in [6, 6.07) is 3.91. The molecule has 1 rings (SSSR count). The van der Waals surface area contributed by atoms with Crippen LogP contribution in [0.4, 0.5) is 21.0 Å². The monoisotopic (exact) mass is 249 g/mol. The Bertz CT molecular complexity index is 536. The van der Waals surface area contributed by atoms with E-state index in [2.05, 4.69) is 0 Å². The molecule has 0 atom stereocenters. The van der Waals surface area contributed by atoms with Crippen LogP contribution < -0.4 is 33.2 Å². The number of urea groups is 2. The molecule has 0 aliphatic heterocycles. The second-order valence-corrected chi connectivity index (χ2v) is 3.23. The lowest BCUT2D eigenvalue weighted by Gasteiger charge is -2.18. The summed E-state index contributed by atoms with van der Waals surface area (Å²) in [4.78, 5) is 21.8. The summed E-state index contributed by atoms with van der Waals surface area (Å²) in [6.07, 6.45) is 0. The number of hydrogen-bond acceptors (Lipinski definition) is 5. The van der Waals surface area contributed by atoms with Gasteiger partial charge in [-0.3, -0.25) is 0 Å². The fourth-order valence-corrected chi connectivity index (χ4v) is 1.22. The van der Waals surface area contributed by atoms with Crippen molar-refractivity contribution in [2.24, 2.45) is 23.2 Å². The van der Waals surface area contributed by atoms with Crippen molar-refractivity contribution in [3.05, 3.63) is 23.8 Å². The lowest BCUT2D eigenvalue weighted by atomic mass is 10.1. The van der Waals surface area contributed by atoms with E-state index in [4.69, 9.17) is 28.4 Å². The van der Waals surface area contributed by atoms with E-state index in [9.17, 15) is 9.59 Å². The van der Waals surface area contributed by atoms with E-state index in [1.807, 2.05) is 0 Å². The summed E-state index contributed by atoms with van der Waals surface area (Å²) in [5.41, 5.74) is 10.2. The summed E-state index contributed by atoms with van der Waals surface area (Å²) >= 11 is 0. The molecular weight excluding hydrogens is 238 g/mol. The zero-order valence-electron chi connectivity index (χ0n) is 9.20. The van der Waals surface area contributed by atoms with Gasteiger partial charge >= 0.3 is 12.1 Å². The molecule has 94 valence electrons. The van der Waals surface area contributed by atoms with Gasteiger partial charge < -0.3 is 11.5 Å². The van der Waals surface area contributed by atoms with Crippen molar-refractivity contribution in [3.63, 3.8) is 0 Å². The second kappa shape index (κ2) is 5.00. The zero-order valence-corrected chi connectivity index (χ0v) is 9.20. The Morgan fingerprint density at radius 2 is 1.67 bits per heavy atom. The minimum atomic E-state index is -0.932. The van der Waals surface area contributed by atoms with Gasteiger partial charge in [0.15, 0.2) is 0 Å². The summed E-state index contributed by atoms with van der Waals surface area (Å²) in [5.74, 6) is 10.7. The molecular formula is C9H11N7O2. The number of nitrogens with two attached hydrogens (primary N) is 4. The van der Waals surface area contributed by atoms with Crippen LogP contribution in [0.5, 0.6) is 0 Å². The molecule has 0 spiro atoms. The number of benzene rings is 1. The van der Waals surface area contributed by atoms with Crippen LogP contribution in [0.15, 0.2) is 18.2 Å². The Hall–Kier alpha value is -2.83. The molecule has 0 radical (unpaired) electrons. The van der Waals surface area contributed by atoms with Crippen molar-refractivity contribution in [2.45, 2.75) is 0 Å². The number of nitriles is 1. The fraction of sp³-hybridized carbons (Fsp3) is 0. The fourth-order valence-electron chi connectivity index (χ4n) is 1.22. The van der Waals surface area contributed by atoms with E-state index in [1.54, 1.807) is 6.07 Å². The third-order valence-corrected chi connectivity index (χ3v) is 2.11. The first-order valence-corrected chi connectivity index (χ1v) is 4.61. The van der Waals surface area contributed by atoms with Gasteiger partial charge in [0.05, 0.1) is 16.9 Å². The zero-order chi connectivity index (χ0) is 13.9. The second-order valence-electron chi connectivity index (χ2n) is 3.23. The predicted molar refractivity (Wildman–Crippen MR) is 63.7 cm³/mol. The molecule has 18 heavy (non-hydrogen) atoms. The Morgan fingerprint density at radius 3 is 2.11 bits per heavy atom. The normalized spacial score (nSPS) is 9.39. The lowest BCUT2D eigenvalue weighted by Crippen LogP contribution is -2.43. The molecule has 0 heterocycles. The van der Waals surface area contributed by atoms with E-state index in [0.717, 1.165) is 0 Å². The number of primary amides is 2. The lowest BCUT2D eigenvalue weighted by molar-refractivity contribution is 0.253. The topological polar surface area (TPSA) is 168 Å². The van der Waals surface area contributed by atoms with E-state index >= 15 is 0 Å². The number of carbonyl (C=O) groups excluding carboxylic acids is 2. The molecule has 1 aromatic carbocycles. The molecule has 0 bridgehead atoms. The number of amides is 4. The van der Waals surface area contributed by atoms with E-state index < -0.39 is 12.1 Å². The molecule has 4 amide bonds. The SMILES string of the molecule is N#Cc1cc(N(N)C(N)=O)ccc1N(N)C(N)=O. The number of carbonyl (C=O) groups is 2. The average Bonchev–Trinajstić information content (AvgIpc) is 2.35. The van der Waals surface area contributed by atoms with Gasteiger partial charge in [-0.15, -0.1) is 0 Å². The van der Waals surface area contributed by atoms with Crippen LogP contribution in [0.3, 0.4) is 0 Å². The highest BCUT2D eigenvalue weighted by atomic mass is 16.2. The summed E-state index contributed by atoms with van der Waals surface area (Å²) < 4.78 is 0. The molecule has 1 aromatic rings. The van der Waals surface area contributed by atoms with Crippen molar-refractivity contribution in [2.75, 3.05) is 10.0 Å². The Kier molecular flexibility index (Phi) is 3.68. The number of anilines is 2. The van der Waals surface area contributed by atoms with Crippen LogP contribution in [0.2, 0.25) is 0 Å². The van der Waals surface area contributed by atoms with Gasteiger partial charge in [-0.25, -0.2) is 31.3 Å². The molecule has 9 heteroatoms. The Labute approximate surface area is 102 Å².